The van der Waals surface area contributed by atoms with Crippen LogP contribution in [0.3, 0.4) is 0 Å². The lowest BCUT2D eigenvalue weighted by Gasteiger charge is -2.05. The molecule has 0 aliphatic carbocycles. The topological polar surface area (TPSA) is 63.8 Å². The summed E-state index contributed by atoms with van der Waals surface area (Å²) in [6.07, 6.45) is 3.73. The van der Waals surface area contributed by atoms with Crippen molar-refractivity contribution >= 4 is 33.6 Å². The monoisotopic (exact) mass is 304 g/mol. The molecule has 0 fully saturated rings. The molecule has 4 nitrogen and oxygen atoms in total. The Morgan fingerprint density at radius 2 is 1.94 bits per heavy atom. The quantitative estimate of drug-likeness (QED) is 0.914. The summed E-state index contributed by atoms with van der Waals surface area (Å²) >= 11 is 3.32. The van der Waals surface area contributed by atoms with Gasteiger partial charge in [0.25, 0.3) is 0 Å². The molecule has 1 aromatic heterocycles. The second kappa shape index (κ2) is 5.64. The molecule has 0 aliphatic rings. The van der Waals surface area contributed by atoms with Crippen LogP contribution in [-0.2, 0) is 0 Å². The van der Waals surface area contributed by atoms with E-state index in [1.54, 1.807) is 6.20 Å². The number of nitrogens with zero attached hydrogens (tertiary/aromatic N) is 2. The van der Waals surface area contributed by atoms with Crippen LogP contribution in [0.2, 0.25) is 0 Å². The number of aryl methyl sites for hydroxylation is 1. The summed E-state index contributed by atoms with van der Waals surface area (Å²) in [5, 5.41) is 3.02. The van der Waals surface area contributed by atoms with Gasteiger partial charge in [-0.15, -0.1) is 0 Å². The first-order valence-corrected chi connectivity index (χ1v) is 6.24. The molecule has 0 aliphatic heterocycles. The van der Waals surface area contributed by atoms with E-state index in [0.29, 0.717) is 16.2 Å². The van der Waals surface area contributed by atoms with Crippen molar-refractivity contribution in [3.8, 4) is 0 Å². The normalized spacial score (nSPS) is 10.8. The lowest BCUT2D eigenvalue weighted by Crippen LogP contribution is -2.03. The van der Waals surface area contributed by atoms with E-state index in [1.165, 1.54) is 0 Å². The maximum atomic E-state index is 5.78. The summed E-state index contributed by atoms with van der Waals surface area (Å²) in [4.78, 5) is 8.44. The van der Waals surface area contributed by atoms with E-state index in [-0.39, 0.29) is 0 Å². The average Bonchev–Trinajstić information content (AvgIpc) is 2.37. The Morgan fingerprint density at radius 1 is 1.22 bits per heavy atom. The highest BCUT2D eigenvalue weighted by atomic mass is 79.9. The maximum absolute atomic E-state index is 5.78. The van der Waals surface area contributed by atoms with Crippen molar-refractivity contribution in [2.24, 2.45) is 0 Å². The number of aromatic nitrogens is 2. The van der Waals surface area contributed by atoms with Crippen LogP contribution in [0.1, 0.15) is 11.3 Å². The van der Waals surface area contributed by atoms with E-state index < -0.39 is 0 Å². The molecule has 5 heteroatoms. The number of hydrogen-bond donors (Lipinski definition) is 2. The maximum Gasteiger partial charge on any atom is 0.174 e. The van der Waals surface area contributed by atoms with Gasteiger partial charge in [-0.25, -0.2) is 9.97 Å². The SMILES string of the molecule is Cc1nc(N)c(NC=Cc2ccccc2)nc1Br. The molecule has 92 valence electrons. The standard InChI is InChI=1S/C13H13BrN4/c1-9-11(14)18-13(12(15)17-9)16-8-7-10-5-3-2-4-6-10/h2-8H,1H3,(H2,15,17)(H,16,18). The lowest BCUT2D eigenvalue weighted by molar-refractivity contribution is 1.10. The number of nitrogens with one attached hydrogen (secondary N) is 1. The van der Waals surface area contributed by atoms with Crippen molar-refractivity contribution < 1.29 is 0 Å². The Labute approximate surface area is 114 Å². The van der Waals surface area contributed by atoms with E-state index in [9.17, 15) is 0 Å². The van der Waals surface area contributed by atoms with Crippen LogP contribution in [0.4, 0.5) is 11.6 Å². The first-order chi connectivity index (χ1) is 8.66. The third-order valence-corrected chi connectivity index (χ3v) is 3.09. The van der Waals surface area contributed by atoms with Crippen molar-refractivity contribution in [3.05, 3.63) is 52.4 Å². The molecular formula is C13H13BrN4. The zero-order chi connectivity index (χ0) is 13.0. The van der Waals surface area contributed by atoms with Crippen LogP contribution in [0.5, 0.6) is 0 Å². The Hall–Kier alpha value is -1.88. The third-order valence-electron chi connectivity index (χ3n) is 2.33. The second-order valence-electron chi connectivity index (χ2n) is 3.72. The third kappa shape index (κ3) is 3.07. The molecule has 0 spiro atoms. The molecule has 0 saturated carbocycles. The largest absolute Gasteiger partial charge is 0.381 e. The highest BCUT2D eigenvalue weighted by Crippen LogP contribution is 2.19. The van der Waals surface area contributed by atoms with Crippen molar-refractivity contribution in [1.82, 2.24) is 9.97 Å². The van der Waals surface area contributed by atoms with Gasteiger partial charge in [-0.05, 0) is 34.5 Å². The average molecular weight is 305 g/mol. The molecule has 18 heavy (non-hydrogen) atoms. The molecule has 2 rings (SSSR count). The van der Waals surface area contributed by atoms with Crippen LogP contribution >= 0.6 is 15.9 Å². The van der Waals surface area contributed by atoms with Gasteiger partial charge in [0.2, 0.25) is 0 Å². The number of hydrogen-bond acceptors (Lipinski definition) is 4. The predicted octanol–water partition coefficient (Wildman–Crippen LogP) is 3.21. The number of halogens is 1. The van der Waals surface area contributed by atoms with E-state index in [1.807, 2.05) is 43.3 Å². The molecule has 0 bridgehead atoms. The van der Waals surface area contributed by atoms with Gasteiger partial charge in [-0.3, -0.25) is 0 Å². The van der Waals surface area contributed by atoms with Crippen LogP contribution < -0.4 is 11.1 Å². The summed E-state index contributed by atoms with van der Waals surface area (Å²) in [6, 6.07) is 9.97. The first-order valence-electron chi connectivity index (χ1n) is 5.44. The van der Waals surface area contributed by atoms with E-state index in [4.69, 9.17) is 5.73 Å². The van der Waals surface area contributed by atoms with Gasteiger partial charge in [0.1, 0.15) is 4.60 Å². The number of nitrogen functional groups attached to an aromatic ring is 1. The second-order valence-corrected chi connectivity index (χ2v) is 4.47. The van der Waals surface area contributed by atoms with Gasteiger partial charge in [0, 0.05) is 6.20 Å². The fourth-order valence-corrected chi connectivity index (χ4v) is 1.67. The van der Waals surface area contributed by atoms with Crippen LogP contribution in [0.25, 0.3) is 6.08 Å². The van der Waals surface area contributed by atoms with E-state index in [2.05, 4.69) is 31.2 Å². The number of anilines is 2. The molecule has 1 heterocycles. The molecule has 2 aromatic rings. The number of nitrogens with two attached hydrogens (primary N) is 1. The molecule has 3 N–H and O–H groups in total. The fourth-order valence-electron chi connectivity index (χ4n) is 1.40. The van der Waals surface area contributed by atoms with Crippen LogP contribution in [0, 0.1) is 6.92 Å². The summed E-state index contributed by atoms with van der Waals surface area (Å²) in [7, 11) is 0. The van der Waals surface area contributed by atoms with Gasteiger partial charge in [0.05, 0.1) is 5.69 Å². The molecule has 0 saturated heterocycles. The zero-order valence-electron chi connectivity index (χ0n) is 9.89. The van der Waals surface area contributed by atoms with Crippen molar-refractivity contribution in [2.75, 3.05) is 11.1 Å². The highest BCUT2D eigenvalue weighted by molar-refractivity contribution is 9.10. The minimum absolute atomic E-state index is 0.383. The van der Waals surface area contributed by atoms with Gasteiger partial charge < -0.3 is 11.1 Å². The first kappa shape index (κ1) is 12.6. The minimum atomic E-state index is 0.383. The predicted molar refractivity (Wildman–Crippen MR) is 78.0 cm³/mol. The van der Waals surface area contributed by atoms with E-state index in [0.717, 1.165) is 11.3 Å². The minimum Gasteiger partial charge on any atom is -0.381 e. The highest BCUT2D eigenvalue weighted by Gasteiger charge is 2.04. The van der Waals surface area contributed by atoms with Gasteiger partial charge in [-0.1, -0.05) is 30.3 Å². The Balaban J connectivity index is 2.11. The van der Waals surface area contributed by atoms with Gasteiger partial charge in [-0.2, -0.15) is 0 Å². The summed E-state index contributed by atoms with van der Waals surface area (Å²) in [5.41, 5.74) is 7.65. The summed E-state index contributed by atoms with van der Waals surface area (Å²) in [6.45, 7) is 1.84. The Bertz CT molecular complexity index is 567. The smallest absolute Gasteiger partial charge is 0.174 e. The molecule has 0 amide bonds. The Morgan fingerprint density at radius 3 is 2.67 bits per heavy atom. The summed E-state index contributed by atoms with van der Waals surface area (Å²) < 4.78 is 0.687. The summed E-state index contributed by atoms with van der Waals surface area (Å²) in [5.74, 6) is 0.924. The molecular weight excluding hydrogens is 292 g/mol. The van der Waals surface area contributed by atoms with Gasteiger partial charge >= 0.3 is 0 Å². The van der Waals surface area contributed by atoms with Crippen molar-refractivity contribution in [3.63, 3.8) is 0 Å². The lowest BCUT2D eigenvalue weighted by atomic mass is 10.2. The van der Waals surface area contributed by atoms with Crippen LogP contribution in [0.15, 0.2) is 41.1 Å². The zero-order valence-corrected chi connectivity index (χ0v) is 11.5. The van der Waals surface area contributed by atoms with Crippen LogP contribution in [-0.4, -0.2) is 9.97 Å². The van der Waals surface area contributed by atoms with E-state index >= 15 is 0 Å². The van der Waals surface area contributed by atoms with Crippen molar-refractivity contribution in [2.45, 2.75) is 6.92 Å². The fraction of sp³-hybridized carbons (Fsp3) is 0.0769. The molecule has 1 aromatic carbocycles. The molecule has 0 atom stereocenters. The van der Waals surface area contributed by atoms with Crippen molar-refractivity contribution in [1.29, 1.82) is 0 Å². The van der Waals surface area contributed by atoms with Gasteiger partial charge in [0.15, 0.2) is 11.6 Å². The Kier molecular flexibility index (Phi) is 3.94. The number of rotatable bonds is 3. The molecule has 0 unspecified atom stereocenters. The molecule has 0 radical (unpaired) electrons. The number of benzene rings is 1.